The molecule has 0 saturated heterocycles. The summed E-state index contributed by atoms with van der Waals surface area (Å²) >= 11 is 1.62. The first-order valence-electron chi connectivity index (χ1n) is 6.23. The summed E-state index contributed by atoms with van der Waals surface area (Å²) in [5, 5.41) is 3.13. The molecule has 0 atom stereocenters. The van der Waals surface area contributed by atoms with Crippen LogP contribution < -0.4 is 10.5 Å². The summed E-state index contributed by atoms with van der Waals surface area (Å²) in [6, 6.07) is 15.8. The van der Waals surface area contributed by atoms with Crippen molar-refractivity contribution in [1.82, 2.24) is 4.98 Å². The minimum Gasteiger partial charge on any atom is -0.496 e. The van der Waals surface area contributed by atoms with Crippen LogP contribution in [0.3, 0.4) is 0 Å². The number of hydrogen-bond donors (Lipinski definition) is 1. The SMILES string of the molecule is COc1cccc2c(Sc3ccc(N)cc3)nccc12. The molecule has 0 amide bonds. The van der Waals surface area contributed by atoms with Gasteiger partial charge in [0.15, 0.2) is 0 Å². The van der Waals surface area contributed by atoms with E-state index in [-0.39, 0.29) is 0 Å². The van der Waals surface area contributed by atoms with E-state index in [0.29, 0.717) is 0 Å². The van der Waals surface area contributed by atoms with Gasteiger partial charge in [-0.25, -0.2) is 4.98 Å². The molecule has 0 aliphatic rings. The topological polar surface area (TPSA) is 48.1 Å². The molecule has 0 bridgehead atoms. The van der Waals surface area contributed by atoms with Crippen molar-refractivity contribution in [3.05, 3.63) is 54.7 Å². The van der Waals surface area contributed by atoms with E-state index < -0.39 is 0 Å². The average molecular weight is 282 g/mol. The van der Waals surface area contributed by atoms with Gasteiger partial charge in [0.25, 0.3) is 0 Å². The maximum atomic E-state index is 5.71. The van der Waals surface area contributed by atoms with E-state index in [1.54, 1.807) is 18.9 Å². The van der Waals surface area contributed by atoms with E-state index >= 15 is 0 Å². The van der Waals surface area contributed by atoms with E-state index in [2.05, 4.69) is 11.1 Å². The Bertz CT molecular complexity index is 741. The smallest absolute Gasteiger partial charge is 0.126 e. The van der Waals surface area contributed by atoms with E-state index in [1.807, 2.05) is 48.7 Å². The third kappa shape index (κ3) is 2.42. The minimum atomic E-state index is 0.766. The van der Waals surface area contributed by atoms with Crippen LogP contribution in [0.1, 0.15) is 0 Å². The number of anilines is 1. The lowest BCUT2D eigenvalue weighted by Gasteiger charge is -2.08. The van der Waals surface area contributed by atoms with Crippen molar-refractivity contribution >= 4 is 28.2 Å². The van der Waals surface area contributed by atoms with Crippen molar-refractivity contribution in [2.24, 2.45) is 0 Å². The van der Waals surface area contributed by atoms with Gasteiger partial charge in [-0.3, -0.25) is 0 Å². The third-order valence-corrected chi connectivity index (χ3v) is 4.07. The Labute approximate surface area is 121 Å². The highest BCUT2D eigenvalue weighted by Crippen LogP contribution is 2.35. The molecule has 0 spiro atoms. The lowest BCUT2D eigenvalue weighted by Crippen LogP contribution is -1.88. The third-order valence-electron chi connectivity index (χ3n) is 3.04. The summed E-state index contributed by atoms with van der Waals surface area (Å²) in [4.78, 5) is 5.59. The highest BCUT2D eigenvalue weighted by Gasteiger charge is 2.07. The molecular weight excluding hydrogens is 268 g/mol. The van der Waals surface area contributed by atoms with Gasteiger partial charge >= 0.3 is 0 Å². The Hall–Kier alpha value is -2.20. The van der Waals surface area contributed by atoms with Crippen molar-refractivity contribution in [3.8, 4) is 5.75 Å². The van der Waals surface area contributed by atoms with Crippen molar-refractivity contribution in [3.63, 3.8) is 0 Å². The van der Waals surface area contributed by atoms with Crippen LogP contribution in [0.5, 0.6) is 5.75 Å². The molecule has 4 heteroatoms. The lowest BCUT2D eigenvalue weighted by molar-refractivity contribution is 0.419. The highest BCUT2D eigenvalue weighted by molar-refractivity contribution is 7.99. The largest absolute Gasteiger partial charge is 0.496 e. The quantitative estimate of drug-likeness (QED) is 0.738. The number of aromatic nitrogens is 1. The Morgan fingerprint density at radius 3 is 2.55 bits per heavy atom. The van der Waals surface area contributed by atoms with Crippen LogP contribution in [0, 0.1) is 0 Å². The van der Waals surface area contributed by atoms with Gasteiger partial charge in [-0.2, -0.15) is 0 Å². The highest BCUT2D eigenvalue weighted by atomic mass is 32.2. The molecular formula is C16H14N2OS. The van der Waals surface area contributed by atoms with Gasteiger partial charge < -0.3 is 10.5 Å². The fourth-order valence-electron chi connectivity index (χ4n) is 2.06. The molecule has 3 rings (SSSR count). The normalized spacial score (nSPS) is 10.7. The van der Waals surface area contributed by atoms with Gasteiger partial charge in [0.1, 0.15) is 10.8 Å². The average Bonchev–Trinajstić information content (AvgIpc) is 2.49. The standard InChI is InChI=1S/C16H14N2OS/c1-19-15-4-2-3-14-13(15)9-10-18-16(14)20-12-7-5-11(17)6-8-12/h2-10H,17H2,1H3. The van der Waals surface area contributed by atoms with Gasteiger partial charge in [-0.1, -0.05) is 23.9 Å². The number of methoxy groups -OCH3 is 1. The van der Waals surface area contributed by atoms with Crippen LogP contribution >= 0.6 is 11.8 Å². The van der Waals surface area contributed by atoms with Gasteiger partial charge in [-0.05, 0) is 36.4 Å². The number of ether oxygens (including phenoxy) is 1. The summed E-state index contributed by atoms with van der Waals surface area (Å²) in [6.07, 6.45) is 1.81. The maximum absolute atomic E-state index is 5.71. The molecule has 2 aromatic carbocycles. The molecule has 100 valence electrons. The summed E-state index contributed by atoms with van der Waals surface area (Å²) in [5.74, 6) is 0.865. The van der Waals surface area contributed by atoms with Crippen LogP contribution in [0.15, 0.2) is 64.6 Å². The molecule has 0 aliphatic heterocycles. The molecule has 2 N–H and O–H groups in total. The molecule has 0 saturated carbocycles. The van der Waals surface area contributed by atoms with Crippen molar-refractivity contribution < 1.29 is 4.74 Å². The zero-order chi connectivity index (χ0) is 13.9. The van der Waals surface area contributed by atoms with Crippen molar-refractivity contribution in [1.29, 1.82) is 0 Å². The zero-order valence-electron chi connectivity index (χ0n) is 11.0. The second-order valence-corrected chi connectivity index (χ2v) is 5.40. The second-order valence-electron chi connectivity index (χ2n) is 4.34. The number of nitrogens with zero attached hydrogens (tertiary/aromatic N) is 1. The molecule has 1 aromatic heterocycles. The number of hydrogen-bond acceptors (Lipinski definition) is 4. The number of pyridine rings is 1. The second kappa shape index (κ2) is 5.43. The Balaban J connectivity index is 2.05. The molecule has 20 heavy (non-hydrogen) atoms. The number of rotatable bonds is 3. The van der Waals surface area contributed by atoms with Crippen LogP contribution in [-0.2, 0) is 0 Å². The number of nitrogens with two attached hydrogens (primary N) is 1. The van der Waals surface area contributed by atoms with Gasteiger partial charge in [0.2, 0.25) is 0 Å². The van der Waals surface area contributed by atoms with Gasteiger partial charge in [-0.15, -0.1) is 0 Å². The summed E-state index contributed by atoms with van der Waals surface area (Å²) in [6.45, 7) is 0. The molecule has 1 heterocycles. The van der Waals surface area contributed by atoms with E-state index in [9.17, 15) is 0 Å². The lowest BCUT2D eigenvalue weighted by atomic mass is 10.1. The number of nitrogen functional groups attached to an aromatic ring is 1. The molecule has 0 fully saturated rings. The summed E-state index contributed by atoms with van der Waals surface area (Å²) in [7, 11) is 1.68. The molecule has 3 nitrogen and oxygen atoms in total. The van der Waals surface area contributed by atoms with Crippen LogP contribution in [0.4, 0.5) is 5.69 Å². The first-order chi connectivity index (χ1) is 9.78. The number of benzene rings is 2. The Morgan fingerprint density at radius 2 is 1.80 bits per heavy atom. The fraction of sp³-hybridized carbons (Fsp3) is 0.0625. The molecule has 0 unspecified atom stereocenters. The fourth-order valence-corrected chi connectivity index (χ4v) is 2.96. The van der Waals surface area contributed by atoms with Crippen LogP contribution in [-0.4, -0.2) is 12.1 Å². The van der Waals surface area contributed by atoms with E-state index in [1.165, 1.54) is 0 Å². The van der Waals surface area contributed by atoms with Crippen LogP contribution in [0.2, 0.25) is 0 Å². The zero-order valence-corrected chi connectivity index (χ0v) is 11.9. The molecule has 3 aromatic rings. The molecule has 0 aliphatic carbocycles. The summed E-state index contributed by atoms with van der Waals surface area (Å²) in [5.41, 5.74) is 6.47. The molecule has 0 radical (unpaired) electrons. The first-order valence-corrected chi connectivity index (χ1v) is 7.04. The minimum absolute atomic E-state index is 0.766. The van der Waals surface area contributed by atoms with Gasteiger partial charge in [0.05, 0.1) is 7.11 Å². The predicted molar refractivity (Wildman–Crippen MR) is 83.3 cm³/mol. The van der Waals surface area contributed by atoms with Crippen LogP contribution in [0.25, 0.3) is 10.8 Å². The van der Waals surface area contributed by atoms with E-state index in [0.717, 1.165) is 32.1 Å². The van der Waals surface area contributed by atoms with Crippen molar-refractivity contribution in [2.75, 3.05) is 12.8 Å². The predicted octanol–water partition coefficient (Wildman–Crippen LogP) is 3.98. The first kappa shape index (κ1) is 12.8. The number of fused-ring (bicyclic) bond motifs is 1. The van der Waals surface area contributed by atoms with E-state index in [4.69, 9.17) is 10.5 Å². The maximum Gasteiger partial charge on any atom is 0.126 e. The Kier molecular flexibility index (Phi) is 3.48. The monoisotopic (exact) mass is 282 g/mol. The van der Waals surface area contributed by atoms with Gasteiger partial charge in [0, 0.05) is 27.6 Å². The van der Waals surface area contributed by atoms with Crippen molar-refractivity contribution in [2.45, 2.75) is 9.92 Å². The summed E-state index contributed by atoms with van der Waals surface area (Å²) < 4.78 is 5.39. The Morgan fingerprint density at radius 1 is 1.00 bits per heavy atom.